The first-order valence-corrected chi connectivity index (χ1v) is 8.95. The molecule has 0 saturated carbocycles. The lowest BCUT2D eigenvalue weighted by Crippen LogP contribution is -2.39. The summed E-state index contributed by atoms with van der Waals surface area (Å²) in [5, 5.41) is 0. The fourth-order valence-corrected chi connectivity index (χ4v) is 2.98. The number of carbonyl (C=O) groups is 2. The Morgan fingerprint density at radius 1 is 0.821 bits per heavy atom. The third-order valence-electron chi connectivity index (χ3n) is 4.40. The van der Waals surface area contributed by atoms with Gasteiger partial charge in [-0.15, -0.1) is 0 Å². The zero-order chi connectivity index (χ0) is 19.3. The normalized spacial score (nSPS) is 16.1. The van der Waals surface area contributed by atoms with E-state index in [1.807, 2.05) is 18.2 Å². The van der Waals surface area contributed by atoms with Crippen molar-refractivity contribution in [2.75, 3.05) is 6.61 Å². The minimum absolute atomic E-state index is 0.0247. The Kier molecular flexibility index (Phi) is 5.06. The van der Waals surface area contributed by atoms with Crippen molar-refractivity contribution in [2.45, 2.75) is 12.2 Å². The van der Waals surface area contributed by atoms with Gasteiger partial charge in [-0.25, -0.2) is 4.79 Å². The highest BCUT2D eigenvalue weighted by Crippen LogP contribution is 2.32. The van der Waals surface area contributed by atoms with Crippen molar-refractivity contribution in [1.29, 1.82) is 0 Å². The maximum Gasteiger partial charge on any atom is 0.352 e. The van der Waals surface area contributed by atoms with Crippen molar-refractivity contribution in [1.82, 2.24) is 0 Å². The number of carbonyl (C=O) groups excluding carboxylic acids is 2. The zero-order valence-corrected chi connectivity index (χ0v) is 15.0. The molecule has 4 rings (SSSR count). The van der Waals surface area contributed by atoms with Crippen molar-refractivity contribution in [3.05, 3.63) is 96.1 Å². The van der Waals surface area contributed by atoms with E-state index in [2.05, 4.69) is 0 Å². The van der Waals surface area contributed by atoms with Crippen LogP contribution in [0.4, 0.5) is 0 Å². The number of fused-ring (bicyclic) bond motifs is 1. The predicted octanol–water partition coefficient (Wildman–Crippen LogP) is 3.99. The predicted molar refractivity (Wildman–Crippen MR) is 102 cm³/mol. The van der Waals surface area contributed by atoms with Crippen molar-refractivity contribution < 1.29 is 23.8 Å². The van der Waals surface area contributed by atoms with E-state index >= 15 is 0 Å². The lowest BCUT2D eigenvalue weighted by atomic mass is 10.00. The van der Waals surface area contributed by atoms with Gasteiger partial charge in [-0.3, -0.25) is 4.79 Å². The molecule has 3 aromatic rings. The Morgan fingerprint density at radius 2 is 1.43 bits per heavy atom. The van der Waals surface area contributed by atoms with Gasteiger partial charge in [-0.1, -0.05) is 72.8 Å². The van der Waals surface area contributed by atoms with Crippen LogP contribution in [0.3, 0.4) is 0 Å². The number of ether oxygens (including phenoxy) is 3. The molecule has 1 heterocycles. The summed E-state index contributed by atoms with van der Waals surface area (Å²) >= 11 is 0. The Morgan fingerprint density at radius 3 is 2.14 bits per heavy atom. The number of ketones is 1. The molecule has 0 fully saturated rings. The number of rotatable bonds is 5. The zero-order valence-electron chi connectivity index (χ0n) is 15.0. The fourth-order valence-electron chi connectivity index (χ4n) is 2.98. The average Bonchev–Trinajstić information content (AvgIpc) is 2.77. The summed E-state index contributed by atoms with van der Waals surface area (Å²) in [5.74, 6) is 0.109. The maximum absolute atomic E-state index is 13.0. The van der Waals surface area contributed by atoms with E-state index in [-0.39, 0.29) is 12.4 Å². The highest BCUT2D eigenvalue weighted by atomic mass is 16.6. The molecule has 0 radical (unpaired) electrons. The summed E-state index contributed by atoms with van der Waals surface area (Å²) in [6, 6.07) is 24.8. The first-order valence-electron chi connectivity index (χ1n) is 8.95. The van der Waals surface area contributed by atoms with Crippen molar-refractivity contribution >= 4 is 11.8 Å². The maximum atomic E-state index is 13.0. The molecule has 0 bridgehead atoms. The van der Waals surface area contributed by atoms with E-state index in [4.69, 9.17) is 14.2 Å². The van der Waals surface area contributed by atoms with E-state index in [0.717, 1.165) is 0 Å². The van der Waals surface area contributed by atoms with Crippen LogP contribution in [0.1, 0.15) is 22.0 Å². The third-order valence-corrected chi connectivity index (χ3v) is 4.40. The van der Waals surface area contributed by atoms with Crippen LogP contribution in [0, 0.1) is 0 Å². The van der Waals surface area contributed by atoms with Gasteiger partial charge < -0.3 is 14.2 Å². The molecule has 140 valence electrons. The Labute approximate surface area is 162 Å². The highest BCUT2D eigenvalue weighted by Gasteiger charge is 2.33. The first-order chi connectivity index (χ1) is 13.7. The van der Waals surface area contributed by atoms with Gasteiger partial charge in [0, 0.05) is 11.1 Å². The second kappa shape index (κ2) is 7.96. The summed E-state index contributed by atoms with van der Waals surface area (Å²) in [5.41, 5.74) is 1.07. The number of para-hydroxylation sites is 2. The van der Waals surface area contributed by atoms with Crippen LogP contribution in [0.5, 0.6) is 11.5 Å². The fraction of sp³-hybridized carbons (Fsp3) is 0.130. The number of Topliss-reactive ketones (excluding diaryl/α,β-unsaturated/α-hetero) is 1. The highest BCUT2D eigenvalue weighted by molar-refractivity contribution is 6.01. The van der Waals surface area contributed by atoms with Gasteiger partial charge in [0.2, 0.25) is 11.9 Å². The van der Waals surface area contributed by atoms with Gasteiger partial charge in [-0.05, 0) is 12.1 Å². The summed E-state index contributed by atoms with van der Waals surface area (Å²) in [6.07, 6.45) is -2.00. The third kappa shape index (κ3) is 3.74. The molecule has 0 saturated heterocycles. The minimum Gasteiger partial charge on any atom is -0.485 e. The first kappa shape index (κ1) is 17.8. The number of hydrogen-bond acceptors (Lipinski definition) is 5. The van der Waals surface area contributed by atoms with Gasteiger partial charge >= 0.3 is 5.97 Å². The molecule has 2 atom stereocenters. The molecule has 5 heteroatoms. The van der Waals surface area contributed by atoms with Gasteiger partial charge in [-0.2, -0.15) is 0 Å². The summed E-state index contributed by atoms with van der Waals surface area (Å²) < 4.78 is 16.9. The molecule has 0 aliphatic carbocycles. The molecule has 0 spiro atoms. The van der Waals surface area contributed by atoms with Crippen LogP contribution >= 0.6 is 0 Å². The number of esters is 1. The van der Waals surface area contributed by atoms with Crippen molar-refractivity contribution in [3.63, 3.8) is 0 Å². The quantitative estimate of drug-likeness (QED) is 0.499. The smallest absolute Gasteiger partial charge is 0.352 e. The molecular formula is C23H18O5. The second-order valence-corrected chi connectivity index (χ2v) is 6.32. The monoisotopic (exact) mass is 374 g/mol. The standard InChI is InChI=1S/C23H18O5/c24-21(16-9-3-1-4-10-16)22(17-11-5-2-6-12-17)28-23(25)20-15-26-18-13-7-8-14-19(18)27-20/h1-14,20,22H,15H2/t20-,22-/m1/s1. The number of benzene rings is 3. The Balaban J connectivity index is 1.56. The molecule has 5 nitrogen and oxygen atoms in total. The van der Waals surface area contributed by atoms with E-state index in [9.17, 15) is 9.59 Å². The van der Waals surface area contributed by atoms with Gasteiger partial charge in [0.05, 0.1) is 0 Å². The average molecular weight is 374 g/mol. The summed E-state index contributed by atoms with van der Waals surface area (Å²) in [6.45, 7) is 0.0247. The van der Waals surface area contributed by atoms with Gasteiger partial charge in [0.1, 0.15) is 6.61 Å². The molecule has 0 unspecified atom stereocenters. The van der Waals surface area contributed by atoms with Gasteiger partial charge in [0.25, 0.3) is 0 Å². The van der Waals surface area contributed by atoms with Crippen LogP contribution in [-0.2, 0) is 9.53 Å². The SMILES string of the molecule is O=C(O[C@@H](C(=O)c1ccccc1)c1ccccc1)[C@H]1COc2ccccc2O1. The van der Waals surface area contributed by atoms with E-state index in [1.165, 1.54) is 0 Å². The van der Waals surface area contributed by atoms with Crippen LogP contribution in [-0.4, -0.2) is 24.5 Å². The molecule has 1 aliphatic heterocycles. The van der Waals surface area contributed by atoms with Crippen LogP contribution in [0.2, 0.25) is 0 Å². The van der Waals surface area contributed by atoms with Crippen LogP contribution in [0.25, 0.3) is 0 Å². The molecule has 0 N–H and O–H groups in total. The molecule has 0 amide bonds. The van der Waals surface area contributed by atoms with Crippen LogP contribution in [0.15, 0.2) is 84.9 Å². The Bertz CT molecular complexity index is 969. The van der Waals surface area contributed by atoms with E-state index in [0.29, 0.717) is 22.6 Å². The van der Waals surface area contributed by atoms with Crippen molar-refractivity contribution in [2.24, 2.45) is 0 Å². The number of hydrogen-bond donors (Lipinski definition) is 0. The van der Waals surface area contributed by atoms with Crippen molar-refractivity contribution in [3.8, 4) is 11.5 Å². The Hall–Kier alpha value is -3.60. The largest absolute Gasteiger partial charge is 0.485 e. The van der Waals surface area contributed by atoms with Crippen LogP contribution < -0.4 is 9.47 Å². The second-order valence-electron chi connectivity index (χ2n) is 6.32. The lowest BCUT2D eigenvalue weighted by Gasteiger charge is -2.26. The molecule has 3 aromatic carbocycles. The summed E-state index contributed by atoms with van der Waals surface area (Å²) in [4.78, 5) is 25.8. The molecular weight excluding hydrogens is 356 g/mol. The topological polar surface area (TPSA) is 61.8 Å². The van der Waals surface area contributed by atoms with Gasteiger partial charge in [0.15, 0.2) is 17.6 Å². The lowest BCUT2D eigenvalue weighted by molar-refractivity contribution is -0.158. The molecule has 0 aromatic heterocycles. The summed E-state index contributed by atoms with van der Waals surface area (Å²) in [7, 11) is 0. The molecule has 1 aliphatic rings. The van der Waals surface area contributed by atoms with E-state index < -0.39 is 18.2 Å². The molecule has 28 heavy (non-hydrogen) atoms. The minimum atomic E-state index is -1.06. The van der Waals surface area contributed by atoms with E-state index in [1.54, 1.807) is 66.7 Å².